The second kappa shape index (κ2) is 6.26. The highest BCUT2D eigenvalue weighted by Gasteiger charge is 2.12. The molecule has 1 aromatic carbocycles. The van der Waals surface area contributed by atoms with Crippen molar-refractivity contribution in [3.05, 3.63) is 35.6 Å². The predicted molar refractivity (Wildman–Crippen MR) is 68.5 cm³/mol. The van der Waals surface area contributed by atoms with Crippen molar-refractivity contribution in [2.75, 3.05) is 18.1 Å². The summed E-state index contributed by atoms with van der Waals surface area (Å²) in [6, 6.07) is 7.69. The Morgan fingerprint density at radius 1 is 1.25 bits per heavy atom. The molecule has 1 aromatic rings. The Morgan fingerprint density at radius 2 is 2.00 bits per heavy atom. The molecule has 1 nitrogen and oxygen atoms in total. The van der Waals surface area contributed by atoms with Crippen molar-refractivity contribution >= 4 is 11.8 Å². The lowest BCUT2D eigenvalue weighted by Crippen LogP contribution is -2.34. The van der Waals surface area contributed by atoms with Crippen LogP contribution in [0.1, 0.15) is 18.4 Å². The summed E-state index contributed by atoms with van der Waals surface area (Å²) < 4.78 is 13.3. The van der Waals surface area contributed by atoms with E-state index in [0.717, 1.165) is 18.5 Å². The Bertz CT molecular complexity index is 323. The van der Waals surface area contributed by atoms with Crippen LogP contribution in [0.15, 0.2) is 24.3 Å². The van der Waals surface area contributed by atoms with Crippen molar-refractivity contribution in [1.82, 2.24) is 5.32 Å². The second-order valence-electron chi connectivity index (χ2n) is 4.18. The Labute approximate surface area is 101 Å². The average molecular weight is 239 g/mol. The molecule has 1 aliphatic heterocycles. The zero-order chi connectivity index (χ0) is 11.2. The molecule has 2 rings (SSSR count). The van der Waals surface area contributed by atoms with E-state index < -0.39 is 0 Å². The van der Waals surface area contributed by atoms with Crippen molar-refractivity contribution < 1.29 is 4.39 Å². The van der Waals surface area contributed by atoms with E-state index in [-0.39, 0.29) is 5.82 Å². The number of thioether (sulfide) groups is 1. The van der Waals surface area contributed by atoms with Gasteiger partial charge >= 0.3 is 0 Å². The van der Waals surface area contributed by atoms with Crippen molar-refractivity contribution in [2.24, 2.45) is 0 Å². The summed E-state index contributed by atoms with van der Waals surface area (Å²) >= 11 is 2.03. The fraction of sp³-hybridized carbons (Fsp3) is 0.538. The maximum atomic E-state index is 13.3. The zero-order valence-corrected chi connectivity index (χ0v) is 10.2. The molecule has 88 valence electrons. The molecule has 0 radical (unpaired) electrons. The van der Waals surface area contributed by atoms with Crippen LogP contribution in [0.2, 0.25) is 0 Å². The third-order valence-corrected chi connectivity index (χ3v) is 4.06. The largest absolute Gasteiger partial charge is 0.314 e. The Balaban J connectivity index is 1.73. The first-order valence-corrected chi connectivity index (χ1v) is 7.06. The number of halogens is 1. The standard InChI is InChI=1S/C13H18FNS/c14-13-4-2-1-3-11(13)5-8-15-12-6-9-16-10-7-12/h1-4,12,15H,5-10H2. The van der Waals surface area contributed by atoms with E-state index in [9.17, 15) is 4.39 Å². The first kappa shape index (κ1) is 11.9. The summed E-state index contributed by atoms with van der Waals surface area (Å²) in [7, 11) is 0. The average Bonchev–Trinajstić information content (AvgIpc) is 2.33. The van der Waals surface area contributed by atoms with Crippen molar-refractivity contribution in [1.29, 1.82) is 0 Å². The van der Waals surface area contributed by atoms with Crippen LogP contribution >= 0.6 is 11.8 Å². The third kappa shape index (κ3) is 3.49. The van der Waals surface area contributed by atoms with E-state index in [1.54, 1.807) is 6.07 Å². The van der Waals surface area contributed by atoms with Crippen LogP contribution in [0.5, 0.6) is 0 Å². The summed E-state index contributed by atoms with van der Waals surface area (Å²) in [6.45, 7) is 0.885. The number of benzene rings is 1. The van der Waals surface area contributed by atoms with Gasteiger partial charge in [0.1, 0.15) is 5.82 Å². The molecule has 0 unspecified atom stereocenters. The molecular formula is C13H18FNS. The first-order chi connectivity index (χ1) is 7.86. The van der Waals surface area contributed by atoms with Gasteiger partial charge in [-0.3, -0.25) is 0 Å². The van der Waals surface area contributed by atoms with Crippen molar-refractivity contribution in [2.45, 2.75) is 25.3 Å². The molecule has 0 bridgehead atoms. The minimum absolute atomic E-state index is 0.0801. The Morgan fingerprint density at radius 3 is 2.75 bits per heavy atom. The first-order valence-electron chi connectivity index (χ1n) is 5.91. The summed E-state index contributed by atoms with van der Waals surface area (Å²) in [5.74, 6) is 2.44. The fourth-order valence-electron chi connectivity index (χ4n) is 2.01. The topological polar surface area (TPSA) is 12.0 Å². The van der Waals surface area contributed by atoms with Gasteiger partial charge in [-0.15, -0.1) is 0 Å². The molecule has 16 heavy (non-hydrogen) atoms. The lowest BCUT2D eigenvalue weighted by atomic mass is 10.1. The van der Waals surface area contributed by atoms with Gasteiger partial charge in [-0.05, 0) is 48.9 Å². The van der Waals surface area contributed by atoms with Gasteiger partial charge in [0.25, 0.3) is 0 Å². The molecule has 0 saturated carbocycles. The molecular weight excluding hydrogens is 221 g/mol. The van der Waals surface area contributed by atoms with Gasteiger partial charge in [0.15, 0.2) is 0 Å². The molecule has 0 amide bonds. The molecule has 0 aromatic heterocycles. The van der Waals surface area contributed by atoms with E-state index in [1.807, 2.05) is 23.9 Å². The number of hydrogen-bond donors (Lipinski definition) is 1. The van der Waals surface area contributed by atoms with E-state index in [1.165, 1.54) is 30.4 Å². The minimum Gasteiger partial charge on any atom is -0.314 e. The predicted octanol–water partition coefficient (Wildman–Crippen LogP) is 2.85. The van der Waals surface area contributed by atoms with Gasteiger partial charge < -0.3 is 5.32 Å². The Kier molecular flexibility index (Phi) is 4.67. The van der Waals surface area contributed by atoms with Gasteiger partial charge in [0, 0.05) is 6.04 Å². The van der Waals surface area contributed by atoms with E-state index in [2.05, 4.69) is 5.32 Å². The summed E-state index contributed by atoms with van der Waals surface area (Å²) in [4.78, 5) is 0. The molecule has 1 heterocycles. The molecule has 1 N–H and O–H groups in total. The highest BCUT2D eigenvalue weighted by molar-refractivity contribution is 7.99. The quantitative estimate of drug-likeness (QED) is 0.867. The van der Waals surface area contributed by atoms with Crippen LogP contribution in [-0.4, -0.2) is 24.1 Å². The van der Waals surface area contributed by atoms with E-state index in [0.29, 0.717) is 6.04 Å². The fourth-order valence-corrected chi connectivity index (χ4v) is 3.12. The van der Waals surface area contributed by atoms with Gasteiger partial charge in [0.05, 0.1) is 0 Å². The summed E-state index contributed by atoms with van der Waals surface area (Å²) in [6.07, 6.45) is 3.29. The van der Waals surface area contributed by atoms with Crippen LogP contribution < -0.4 is 5.32 Å². The smallest absolute Gasteiger partial charge is 0.126 e. The molecule has 0 aliphatic carbocycles. The number of nitrogens with one attached hydrogen (secondary N) is 1. The third-order valence-electron chi connectivity index (χ3n) is 3.01. The lowest BCUT2D eigenvalue weighted by molar-refractivity contribution is 0.482. The molecule has 0 spiro atoms. The summed E-state index contributed by atoms with van der Waals surface area (Å²) in [5.41, 5.74) is 0.820. The molecule has 1 fully saturated rings. The number of rotatable bonds is 4. The highest BCUT2D eigenvalue weighted by Crippen LogP contribution is 2.16. The van der Waals surface area contributed by atoms with Crippen LogP contribution in [0.4, 0.5) is 4.39 Å². The summed E-state index contributed by atoms with van der Waals surface area (Å²) in [5, 5.41) is 3.52. The SMILES string of the molecule is Fc1ccccc1CCNC1CCSCC1. The van der Waals surface area contributed by atoms with Crippen LogP contribution in [0.3, 0.4) is 0 Å². The van der Waals surface area contributed by atoms with Gasteiger partial charge in [-0.2, -0.15) is 11.8 Å². The zero-order valence-electron chi connectivity index (χ0n) is 9.42. The molecule has 1 aliphatic rings. The Hall–Kier alpha value is -0.540. The van der Waals surface area contributed by atoms with Crippen molar-refractivity contribution in [3.8, 4) is 0 Å². The maximum Gasteiger partial charge on any atom is 0.126 e. The van der Waals surface area contributed by atoms with Crippen molar-refractivity contribution in [3.63, 3.8) is 0 Å². The molecule has 3 heteroatoms. The van der Waals surface area contributed by atoms with Gasteiger partial charge in [-0.25, -0.2) is 4.39 Å². The van der Waals surface area contributed by atoms with Gasteiger partial charge in [0.2, 0.25) is 0 Å². The van der Waals surface area contributed by atoms with Gasteiger partial charge in [-0.1, -0.05) is 18.2 Å². The number of hydrogen-bond acceptors (Lipinski definition) is 2. The minimum atomic E-state index is -0.0801. The lowest BCUT2D eigenvalue weighted by Gasteiger charge is -2.22. The monoisotopic (exact) mass is 239 g/mol. The van der Waals surface area contributed by atoms with E-state index in [4.69, 9.17) is 0 Å². The van der Waals surface area contributed by atoms with Crippen LogP contribution in [0, 0.1) is 5.82 Å². The maximum absolute atomic E-state index is 13.3. The second-order valence-corrected chi connectivity index (χ2v) is 5.41. The molecule has 0 atom stereocenters. The molecule has 1 saturated heterocycles. The van der Waals surface area contributed by atoms with E-state index >= 15 is 0 Å². The highest BCUT2D eigenvalue weighted by atomic mass is 32.2. The van der Waals surface area contributed by atoms with Crippen LogP contribution in [-0.2, 0) is 6.42 Å². The van der Waals surface area contributed by atoms with Crippen LogP contribution in [0.25, 0.3) is 0 Å². The normalized spacial score (nSPS) is 17.6.